The molecule has 0 aliphatic heterocycles. The molecule has 1 aromatic carbocycles. The van der Waals surface area contributed by atoms with Crippen LogP contribution in [-0.4, -0.2) is 31.8 Å². The first-order chi connectivity index (χ1) is 9.82. The van der Waals surface area contributed by atoms with Crippen molar-refractivity contribution >= 4 is 9.84 Å². The second kappa shape index (κ2) is 5.65. The summed E-state index contributed by atoms with van der Waals surface area (Å²) >= 11 is 0. The van der Waals surface area contributed by atoms with Crippen LogP contribution in [0, 0.1) is 12.7 Å². The predicted molar refractivity (Wildman–Crippen MR) is 72.9 cm³/mol. The Bertz CT molecular complexity index is 778. The molecule has 8 heteroatoms. The maximum atomic E-state index is 13.9. The Morgan fingerprint density at radius 2 is 1.95 bits per heavy atom. The van der Waals surface area contributed by atoms with E-state index in [1.165, 1.54) is 25.6 Å². The molecule has 21 heavy (non-hydrogen) atoms. The molecule has 0 N–H and O–H groups in total. The van der Waals surface area contributed by atoms with Crippen molar-refractivity contribution in [2.45, 2.75) is 11.8 Å². The maximum absolute atomic E-state index is 13.9. The molecule has 0 bridgehead atoms. The molecule has 0 aliphatic carbocycles. The van der Waals surface area contributed by atoms with Crippen molar-refractivity contribution in [2.24, 2.45) is 0 Å². The van der Waals surface area contributed by atoms with Crippen molar-refractivity contribution in [3.8, 4) is 17.4 Å². The lowest BCUT2D eigenvalue weighted by Gasteiger charge is -2.11. The van der Waals surface area contributed by atoms with Crippen LogP contribution in [0.3, 0.4) is 0 Å². The first-order valence-corrected chi connectivity index (χ1v) is 7.75. The topological polar surface area (TPSA) is 78.4 Å². The lowest BCUT2D eigenvalue weighted by Crippen LogP contribution is -2.01. The van der Waals surface area contributed by atoms with E-state index >= 15 is 0 Å². The highest BCUT2D eigenvalue weighted by atomic mass is 32.2. The molecule has 0 aliphatic rings. The summed E-state index contributed by atoms with van der Waals surface area (Å²) in [4.78, 5) is 7.68. The number of halogens is 1. The van der Waals surface area contributed by atoms with Gasteiger partial charge in [-0.2, -0.15) is 4.98 Å². The summed E-state index contributed by atoms with van der Waals surface area (Å²) in [6.07, 6.45) is 2.26. The zero-order valence-corrected chi connectivity index (χ0v) is 12.4. The van der Waals surface area contributed by atoms with Crippen LogP contribution < -0.4 is 9.47 Å². The van der Waals surface area contributed by atoms with Crippen molar-refractivity contribution in [2.75, 3.05) is 13.4 Å². The molecule has 0 saturated heterocycles. The van der Waals surface area contributed by atoms with Crippen LogP contribution in [-0.2, 0) is 9.84 Å². The molecule has 0 fully saturated rings. The highest BCUT2D eigenvalue weighted by molar-refractivity contribution is 7.90. The Kier molecular flexibility index (Phi) is 4.08. The molecule has 112 valence electrons. The number of methoxy groups -OCH3 is 1. The summed E-state index contributed by atoms with van der Waals surface area (Å²) < 4.78 is 47.1. The summed E-state index contributed by atoms with van der Waals surface area (Å²) in [6, 6.07) is 3.38. The Morgan fingerprint density at radius 1 is 1.24 bits per heavy atom. The fourth-order valence-corrected chi connectivity index (χ4v) is 2.28. The Balaban J connectivity index is 2.40. The first-order valence-electron chi connectivity index (χ1n) is 5.86. The SMILES string of the molecule is COc1c(C)ncnc1Oc1ccc(S(C)(=O)=O)cc1F. The van der Waals surface area contributed by atoms with Crippen molar-refractivity contribution < 1.29 is 22.3 Å². The molecule has 0 saturated carbocycles. The number of hydrogen-bond acceptors (Lipinski definition) is 6. The standard InChI is InChI=1S/C13H13FN2O4S/c1-8-12(19-2)13(16-7-15-8)20-11-5-4-9(6-10(11)14)21(3,17)18/h4-7H,1-3H3. The number of hydrogen-bond donors (Lipinski definition) is 0. The van der Waals surface area contributed by atoms with Crippen LogP contribution in [0.4, 0.5) is 4.39 Å². The second-order valence-electron chi connectivity index (χ2n) is 4.26. The van der Waals surface area contributed by atoms with Crippen molar-refractivity contribution in [1.82, 2.24) is 9.97 Å². The maximum Gasteiger partial charge on any atom is 0.266 e. The molecule has 1 aromatic heterocycles. The van der Waals surface area contributed by atoms with E-state index in [1.54, 1.807) is 6.92 Å². The van der Waals surface area contributed by atoms with Gasteiger partial charge in [0.15, 0.2) is 21.4 Å². The van der Waals surface area contributed by atoms with Gasteiger partial charge in [-0.3, -0.25) is 0 Å². The number of nitrogens with zero attached hydrogens (tertiary/aromatic N) is 2. The third kappa shape index (κ3) is 3.27. The van der Waals surface area contributed by atoms with E-state index in [-0.39, 0.29) is 22.3 Å². The van der Waals surface area contributed by atoms with E-state index in [4.69, 9.17) is 9.47 Å². The van der Waals surface area contributed by atoms with Crippen LogP contribution in [0.1, 0.15) is 5.69 Å². The molecule has 0 spiro atoms. The summed E-state index contributed by atoms with van der Waals surface area (Å²) in [5.41, 5.74) is 0.538. The molecule has 6 nitrogen and oxygen atoms in total. The number of benzene rings is 1. The van der Waals surface area contributed by atoms with Crippen LogP contribution in [0.15, 0.2) is 29.4 Å². The summed E-state index contributed by atoms with van der Waals surface area (Å²) in [5, 5.41) is 0. The fraction of sp³-hybridized carbons (Fsp3) is 0.231. The minimum absolute atomic E-state index is 0.0519. The number of ether oxygens (including phenoxy) is 2. The van der Waals surface area contributed by atoms with E-state index in [9.17, 15) is 12.8 Å². The van der Waals surface area contributed by atoms with Crippen LogP contribution >= 0.6 is 0 Å². The fourth-order valence-electron chi connectivity index (χ4n) is 1.65. The van der Waals surface area contributed by atoms with Gasteiger partial charge in [0.25, 0.3) is 5.88 Å². The highest BCUT2D eigenvalue weighted by Gasteiger charge is 2.16. The largest absolute Gasteiger partial charge is 0.490 e. The number of rotatable bonds is 4. The molecular weight excluding hydrogens is 299 g/mol. The van der Waals surface area contributed by atoms with Gasteiger partial charge >= 0.3 is 0 Å². The minimum atomic E-state index is -3.48. The summed E-state index contributed by atoms with van der Waals surface area (Å²) in [5.74, 6) is -0.630. The van der Waals surface area contributed by atoms with E-state index < -0.39 is 15.7 Å². The summed E-state index contributed by atoms with van der Waals surface area (Å²) in [7, 11) is -2.06. The zero-order valence-electron chi connectivity index (χ0n) is 11.6. The number of sulfone groups is 1. The van der Waals surface area contributed by atoms with Gasteiger partial charge in [-0.25, -0.2) is 17.8 Å². The van der Waals surface area contributed by atoms with Crippen molar-refractivity contribution in [3.05, 3.63) is 36.0 Å². The average molecular weight is 312 g/mol. The molecule has 2 rings (SSSR count). The highest BCUT2D eigenvalue weighted by Crippen LogP contribution is 2.32. The van der Waals surface area contributed by atoms with Crippen LogP contribution in [0.2, 0.25) is 0 Å². The van der Waals surface area contributed by atoms with Crippen LogP contribution in [0.5, 0.6) is 17.4 Å². The molecule has 0 unspecified atom stereocenters. The Hall–Kier alpha value is -2.22. The van der Waals surface area contributed by atoms with Gasteiger partial charge in [-0.05, 0) is 25.1 Å². The quantitative estimate of drug-likeness (QED) is 0.860. The van der Waals surface area contributed by atoms with E-state index in [0.29, 0.717) is 5.69 Å². The van der Waals surface area contributed by atoms with Gasteiger partial charge in [-0.1, -0.05) is 0 Å². The van der Waals surface area contributed by atoms with Gasteiger partial charge in [0.2, 0.25) is 5.75 Å². The molecule has 2 aromatic rings. The van der Waals surface area contributed by atoms with E-state index in [1.807, 2.05) is 0 Å². The van der Waals surface area contributed by atoms with Crippen molar-refractivity contribution in [1.29, 1.82) is 0 Å². The van der Waals surface area contributed by atoms with E-state index in [0.717, 1.165) is 12.3 Å². The smallest absolute Gasteiger partial charge is 0.266 e. The normalized spacial score (nSPS) is 11.2. The zero-order chi connectivity index (χ0) is 15.6. The lowest BCUT2D eigenvalue weighted by atomic mass is 10.3. The monoisotopic (exact) mass is 312 g/mol. The van der Waals surface area contributed by atoms with Crippen LogP contribution in [0.25, 0.3) is 0 Å². The minimum Gasteiger partial charge on any atom is -0.490 e. The summed E-state index contributed by atoms with van der Waals surface area (Å²) in [6.45, 7) is 1.69. The Labute approximate surface area is 121 Å². The lowest BCUT2D eigenvalue weighted by molar-refractivity contribution is 0.355. The molecule has 1 heterocycles. The number of aromatic nitrogens is 2. The molecule has 0 radical (unpaired) electrons. The Morgan fingerprint density at radius 3 is 2.52 bits per heavy atom. The van der Waals surface area contributed by atoms with Gasteiger partial charge in [0, 0.05) is 6.26 Å². The predicted octanol–water partition coefficient (Wildman–Crippen LogP) is 2.13. The van der Waals surface area contributed by atoms with Crippen molar-refractivity contribution in [3.63, 3.8) is 0 Å². The third-order valence-electron chi connectivity index (χ3n) is 2.69. The molecular formula is C13H13FN2O4S. The molecule has 0 amide bonds. The van der Waals surface area contributed by atoms with Gasteiger partial charge in [0.05, 0.1) is 17.7 Å². The van der Waals surface area contributed by atoms with Gasteiger partial charge in [0.1, 0.15) is 6.33 Å². The van der Waals surface area contributed by atoms with Gasteiger partial charge in [-0.15, -0.1) is 0 Å². The molecule has 0 atom stereocenters. The number of aryl methyl sites for hydroxylation is 1. The first kappa shape index (κ1) is 15.2. The third-order valence-corrected chi connectivity index (χ3v) is 3.80. The van der Waals surface area contributed by atoms with Gasteiger partial charge < -0.3 is 9.47 Å². The average Bonchev–Trinajstić information content (AvgIpc) is 2.40. The second-order valence-corrected chi connectivity index (χ2v) is 6.28. The van der Waals surface area contributed by atoms with E-state index in [2.05, 4.69) is 9.97 Å².